The minimum atomic E-state index is -2.18. The van der Waals surface area contributed by atoms with Gasteiger partial charge >= 0.3 is 11.9 Å². The number of benzene rings is 1. The van der Waals surface area contributed by atoms with Gasteiger partial charge in [-0.25, -0.2) is 0 Å². The number of carbonyl (C=O) groups is 2. The third-order valence-corrected chi connectivity index (χ3v) is 3.04. The Morgan fingerprint density at radius 1 is 1.50 bits per heavy atom. The summed E-state index contributed by atoms with van der Waals surface area (Å²) in [4.78, 5) is 33.6. The van der Waals surface area contributed by atoms with Gasteiger partial charge < -0.3 is 9.84 Å². The second-order valence-electron chi connectivity index (χ2n) is 4.07. The molecule has 0 fully saturated rings. The number of nitrogens with zero attached hydrogens (tertiary/aromatic N) is 1. The highest BCUT2D eigenvalue weighted by Crippen LogP contribution is 2.35. The van der Waals surface area contributed by atoms with E-state index in [-0.39, 0.29) is 17.2 Å². The monoisotopic (exact) mass is 301 g/mol. The van der Waals surface area contributed by atoms with Crippen LogP contribution in [-0.2, 0) is 19.7 Å². The van der Waals surface area contributed by atoms with Crippen LogP contribution < -0.4 is 0 Å². The van der Waals surface area contributed by atoms with Crippen LogP contribution >= 0.6 is 11.6 Å². The highest BCUT2D eigenvalue weighted by Gasteiger charge is 2.48. The number of carboxylic acid groups (broad SMARTS) is 1. The molecular formula is C12H12ClNO6. The van der Waals surface area contributed by atoms with E-state index < -0.39 is 28.0 Å². The maximum atomic E-state index is 11.9. The minimum absolute atomic E-state index is 0.0386. The summed E-state index contributed by atoms with van der Waals surface area (Å²) in [5.74, 6) is -2.61. The molecule has 0 aromatic heterocycles. The Morgan fingerprint density at radius 3 is 2.55 bits per heavy atom. The topological polar surface area (TPSA) is 107 Å². The van der Waals surface area contributed by atoms with Crippen LogP contribution in [0, 0.1) is 10.1 Å². The molecular weight excluding hydrogens is 290 g/mol. The van der Waals surface area contributed by atoms with Crippen molar-refractivity contribution in [3.05, 3.63) is 38.9 Å². The van der Waals surface area contributed by atoms with E-state index >= 15 is 0 Å². The highest BCUT2D eigenvalue weighted by molar-refractivity contribution is 6.30. The average molecular weight is 302 g/mol. The van der Waals surface area contributed by atoms with Gasteiger partial charge in [0.25, 0.3) is 5.69 Å². The molecule has 1 rings (SSSR count). The zero-order valence-corrected chi connectivity index (χ0v) is 11.5. The quantitative estimate of drug-likeness (QED) is 0.386. The predicted molar refractivity (Wildman–Crippen MR) is 69.7 cm³/mol. The summed E-state index contributed by atoms with van der Waals surface area (Å²) >= 11 is 5.66. The summed E-state index contributed by atoms with van der Waals surface area (Å²) in [6.07, 6.45) is 0. The van der Waals surface area contributed by atoms with E-state index in [4.69, 9.17) is 16.3 Å². The molecule has 1 atom stereocenters. The number of halogens is 1. The zero-order valence-electron chi connectivity index (χ0n) is 10.8. The third-order valence-electron chi connectivity index (χ3n) is 2.81. The molecule has 1 unspecified atom stereocenters. The fraction of sp³-hybridized carbons (Fsp3) is 0.333. The van der Waals surface area contributed by atoms with Crippen molar-refractivity contribution >= 4 is 29.2 Å². The number of nitro groups is 1. The normalized spacial score (nSPS) is 13.3. The van der Waals surface area contributed by atoms with Crippen molar-refractivity contribution < 1.29 is 24.4 Å². The Hall–Kier alpha value is -2.15. The van der Waals surface area contributed by atoms with Gasteiger partial charge in [0.05, 0.1) is 17.1 Å². The van der Waals surface area contributed by atoms with Gasteiger partial charge in [-0.1, -0.05) is 11.6 Å². The lowest BCUT2D eigenvalue weighted by Gasteiger charge is -2.22. The summed E-state index contributed by atoms with van der Waals surface area (Å²) in [5.41, 5.74) is -3.00. The molecule has 8 heteroatoms. The van der Waals surface area contributed by atoms with Gasteiger partial charge in [-0.15, -0.1) is 0 Å². The number of ether oxygens (including phenoxy) is 1. The largest absolute Gasteiger partial charge is 0.480 e. The van der Waals surface area contributed by atoms with E-state index in [2.05, 4.69) is 0 Å². The number of carboxylic acids is 1. The van der Waals surface area contributed by atoms with Crippen LogP contribution in [0.15, 0.2) is 18.2 Å². The molecule has 1 aromatic carbocycles. The fourth-order valence-corrected chi connectivity index (χ4v) is 1.83. The Kier molecular flexibility index (Phi) is 4.67. The molecule has 0 spiro atoms. The summed E-state index contributed by atoms with van der Waals surface area (Å²) in [6.45, 7) is 2.53. The molecule has 20 heavy (non-hydrogen) atoms. The number of hydrogen-bond acceptors (Lipinski definition) is 5. The Morgan fingerprint density at radius 2 is 2.10 bits per heavy atom. The summed E-state index contributed by atoms with van der Waals surface area (Å²) in [5, 5.41) is 20.4. The summed E-state index contributed by atoms with van der Waals surface area (Å²) in [7, 11) is 0. The van der Waals surface area contributed by atoms with Crippen LogP contribution in [0.25, 0.3) is 0 Å². The lowest BCUT2D eigenvalue weighted by atomic mass is 9.81. The van der Waals surface area contributed by atoms with Crippen LogP contribution in [0.5, 0.6) is 0 Å². The van der Waals surface area contributed by atoms with E-state index in [0.717, 1.165) is 19.1 Å². The molecule has 0 radical (unpaired) electrons. The van der Waals surface area contributed by atoms with Crippen LogP contribution in [0.4, 0.5) is 5.69 Å². The number of rotatable bonds is 5. The number of carbonyl (C=O) groups excluding carboxylic acids is 1. The van der Waals surface area contributed by atoms with Gasteiger partial charge in [0.15, 0.2) is 5.41 Å². The summed E-state index contributed by atoms with van der Waals surface area (Å²) in [6, 6.07) is 3.42. The standard InChI is InChI=1S/C12H12ClNO6/c1-3-20-11(17)12(2,10(15)16)8-5-4-7(13)6-9(8)14(18)19/h4-6H,3H2,1-2H3,(H,15,16). The Balaban J connectivity index is 3.55. The van der Waals surface area contributed by atoms with Crippen LogP contribution in [0.3, 0.4) is 0 Å². The van der Waals surface area contributed by atoms with E-state index in [1.807, 2.05) is 0 Å². The van der Waals surface area contributed by atoms with Crippen molar-refractivity contribution in [2.45, 2.75) is 19.3 Å². The predicted octanol–water partition coefficient (Wildman–Crippen LogP) is 2.15. The second-order valence-corrected chi connectivity index (χ2v) is 4.51. The van der Waals surface area contributed by atoms with E-state index in [1.54, 1.807) is 0 Å². The van der Waals surface area contributed by atoms with Crippen molar-refractivity contribution in [1.82, 2.24) is 0 Å². The molecule has 0 saturated heterocycles. The maximum absolute atomic E-state index is 11.9. The van der Waals surface area contributed by atoms with Crippen LogP contribution in [0.2, 0.25) is 5.02 Å². The molecule has 0 aliphatic carbocycles. The van der Waals surface area contributed by atoms with Gasteiger partial charge in [0.1, 0.15) is 0 Å². The van der Waals surface area contributed by atoms with Gasteiger partial charge in [-0.2, -0.15) is 0 Å². The Bertz CT molecular complexity index is 573. The Labute approximate surface area is 119 Å². The first-order valence-electron chi connectivity index (χ1n) is 5.60. The van der Waals surface area contributed by atoms with E-state index in [0.29, 0.717) is 0 Å². The minimum Gasteiger partial charge on any atom is -0.480 e. The molecule has 0 heterocycles. The van der Waals surface area contributed by atoms with Crippen molar-refractivity contribution in [3.63, 3.8) is 0 Å². The number of hydrogen-bond donors (Lipinski definition) is 1. The number of nitro benzene ring substituents is 1. The molecule has 0 aliphatic rings. The lowest BCUT2D eigenvalue weighted by molar-refractivity contribution is -0.385. The number of esters is 1. The molecule has 0 aliphatic heterocycles. The van der Waals surface area contributed by atoms with E-state index in [1.165, 1.54) is 13.0 Å². The fourth-order valence-electron chi connectivity index (χ4n) is 1.67. The maximum Gasteiger partial charge on any atom is 0.328 e. The van der Waals surface area contributed by atoms with Crippen molar-refractivity contribution in [2.75, 3.05) is 6.61 Å². The first-order valence-corrected chi connectivity index (χ1v) is 5.98. The first-order chi connectivity index (χ1) is 9.25. The van der Waals surface area contributed by atoms with E-state index in [9.17, 15) is 24.8 Å². The zero-order chi connectivity index (χ0) is 15.5. The SMILES string of the molecule is CCOC(=O)C(C)(C(=O)O)c1ccc(Cl)cc1[N+](=O)[O-]. The number of aliphatic carboxylic acids is 1. The highest BCUT2D eigenvalue weighted by atomic mass is 35.5. The van der Waals surface area contributed by atoms with Gasteiger partial charge in [-0.3, -0.25) is 19.7 Å². The van der Waals surface area contributed by atoms with Crippen molar-refractivity contribution in [1.29, 1.82) is 0 Å². The molecule has 0 bridgehead atoms. The third kappa shape index (κ3) is 2.72. The van der Waals surface area contributed by atoms with Crippen LogP contribution in [0.1, 0.15) is 19.4 Å². The first kappa shape index (κ1) is 15.9. The molecule has 0 saturated carbocycles. The second kappa shape index (κ2) is 5.87. The lowest BCUT2D eigenvalue weighted by Crippen LogP contribution is -2.42. The molecule has 7 nitrogen and oxygen atoms in total. The van der Waals surface area contributed by atoms with Crippen molar-refractivity contribution in [3.8, 4) is 0 Å². The van der Waals surface area contributed by atoms with Gasteiger partial charge in [-0.05, 0) is 26.0 Å². The van der Waals surface area contributed by atoms with Crippen LogP contribution in [-0.4, -0.2) is 28.6 Å². The summed E-state index contributed by atoms with van der Waals surface area (Å²) < 4.78 is 4.71. The molecule has 1 N–H and O–H groups in total. The van der Waals surface area contributed by atoms with Gasteiger partial charge in [0.2, 0.25) is 0 Å². The average Bonchev–Trinajstić information content (AvgIpc) is 2.37. The smallest absolute Gasteiger partial charge is 0.328 e. The van der Waals surface area contributed by atoms with Gasteiger partial charge in [0, 0.05) is 11.1 Å². The molecule has 0 amide bonds. The molecule has 108 valence electrons. The molecule has 1 aromatic rings. The van der Waals surface area contributed by atoms with Crippen molar-refractivity contribution in [2.24, 2.45) is 0 Å².